The Bertz CT molecular complexity index is 1190. The number of aliphatic carboxylic acids is 1. The van der Waals surface area contributed by atoms with E-state index < -0.39 is 24.3 Å². The van der Waals surface area contributed by atoms with Gasteiger partial charge in [-0.15, -0.1) is 0 Å². The maximum atomic E-state index is 12.8. The van der Waals surface area contributed by atoms with Crippen molar-refractivity contribution in [3.8, 4) is 0 Å². The molecule has 0 rings (SSSR count). The van der Waals surface area contributed by atoms with Crippen molar-refractivity contribution < 1.29 is 42.9 Å². The third kappa shape index (κ3) is 47.2. The molecule has 9 heteroatoms. The lowest BCUT2D eigenvalue weighted by atomic mass is 10.0. The molecule has 0 amide bonds. The van der Waals surface area contributed by atoms with E-state index in [4.69, 9.17) is 18.9 Å². The number of esters is 2. The van der Waals surface area contributed by atoms with Gasteiger partial charge in [-0.2, -0.15) is 0 Å². The minimum Gasteiger partial charge on any atom is -0.545 e. The number of rotatable bonds is 48. The van der Waals surface area contributed by atoms with Crippen molar-refractivity contribution in [1.82, 2.24) is 0 Å². The normalized spacial score (nSPS) is 13.2. The first-order valence-electron chi connectivity index (χ1n) is 26.3. The predicted octanol–water partition coefficient (Wildman–Crippen LogP) is 13.4. The molecular weight excluding hydrogens is 803 g/mol. The Kier molecular flexibility index (Phi) is 44.8. The molecule has 64 heavy (non-hydrogen) atoms. The number of unbranched alkanes of at least 4 members (excludes halogenated alkanes) is 25. The lowest BCUT2D eigenvalue weighted by Gasteiger charge is -2.26. The van der Waals surface area contributed by atoms with E-state index >= 15 is 0 Å². The molecule has 0 saturated heterocycles. The highest BCUT2D eigenvalue weighted by Gasteiger charge is 2.22. The van der Waals surface area contributed by atoms with E-state index in [0.717, 1.165) is 77.0 Å². The van der Waals surface area contributed by atoms with E-state index in [-0.39, 0.29) is 38.6 Å². The Hall–Kier alpha value is -2.75. The smallest absolute Gasteiger partial charge is 0.306 e. The van der Waals surface area contributed by atoms with Gasteiger partial charge in [0.1, 0.15) is 13.2 Å². The van der Waals surface area contributed by atoms with Crippen LogP contribution in [0, 0.1) is 0 Å². The molecule has 0 fully saturated rings. The maximum absolute atomic E-state index is 12.8. The van der Waals surface area contributed by atoms with E-state index in [2.05, 4.69) is 62.5 Å². The molecule has 9 nitrogen and oxygen atoms in total. The van der Waals surface area contributed by atoms with Gasteiger partial charge in [-0.3, -0.25) is 9.59 Å². The standard InChI is InChI=1S/C55H99NO8/c1-6-8-10-12-14-16-18-20-22-23-24-25-26-27-28-29-30-31-32-34-36-38-40-42-44-46-53(58)64-51(50-63-55(54(59)60)61-48-47-56(3,4)5)49-62-52(57)45-43-41-39-37-35-33-21-19-17-15-13-11-9-7-2/h13,15,18-21,23-24,51,55H,6-12,14,16-17,22,25-50H2,1-5H3/b15-13-,20-18-,21-19-,24-23-. The topological polar surface area (TPSA) is 111 Å². The highest BCUT2D eigenvalue weighted by molar-refractivity contribution is 5.70. The van der Waals surface area contributed by atoms with Gasteiger partial charge >= 0.3 is 11.9 Å². The van der Waals surface area contributed by atoms with Gasteiger partial charge in [-0.1, -0.05) is 191 Å². The van der Waals surface area contributed by atoms with Crippen LogP contribution >= 0.6 is 0 Å². The fourth-order valence-corrected chi connectivity index (χ4v) is 7.17. The number of carboxylic acid groups (broad SMARTS) is 1. The minimum absolute atomic E-state index is 0.144. The SMILES string of the molecule is CCCC/C=C\C/C=C\CCCCCCCC(=O)OCC(COC(OCC[N+](C)(C)C)C(=O)[O-])OC(=O)CCCCCCCCCCCCCCC/C=C\C/C=C\CCCCCCC. The Balaban J connectivity index is 4.27. The predicted molar refractivity (Wildman–Crippen MR) is 265 cm³/mol. The number of hydrogen-bond donors (Lipinski definition) is 0. The molecule has 372 valence electrons. The number of hydrogen-bond acceptors (Lipinski definition) is 8. The lowest BCUT2D eigenvalue weighted by Crippen LogP contribution is -2.44. The van der Waals surface area contributed by atoms with E-state index in [0.29, 0.717) is 17.4 Å². The summed E-state index contributed by atoms with van der Waals surface area (Å²) in [7, 11) is 5.91. The highest BCUT2D eigenvalue weighted by atomic mass is 16.7. The van der Waals surface area contributed by atoms with E-state index in [9.17, 15) is 19.5 Å². The van der Waals surface area contributed by atoms with Crippen molar-refractivity contribution in [2.75, 3.05) is 47.5 Å². The molecule has 0 aromatic rings. The first kappa shape index (κ1) is 61.2. The van der Waals surface area contributed by atoms with Crippen molar-refractivity contribution in [1.29, 1.82) is 0 Å². The second-order valence-electron chi connectivity index (χ2n) is 18.8. The van der Waals surface area contributed by atoms with Crippen molar-refractivity contribution >= 4 is 17.9 Å². The molecule has 0 spiro atoms. The highest BCUT2D eigenvalue weighted by Crippen LogP contribution is 2.15. The van der Waals surface area contributed by atoms with Crippen LogP contribution in [0.25, 0.3) is 0 Å². The Morgan fingerprint density at radius 1 is 0.469 bits per heavy atom. The second-order valence-corrected chi connectivity index (χ2v) is 18.8. The van der Waals surface area contributed by atoms with Gasteiger partial charge in [0.25, 0.3) is 0 Å². The average Bonchev–Trinajstić information content (AvgIpc) is 3.26. The van der Waals surface area contributed by atoms with Gasteiger partial charge in [-0.25, -0.2) is 0 Å². The van der Waals surface area contributed by atoms with Crippen molar-refractivity contribution in [3.63, 3.8) is 0 Å². The molecule has 0 radical (unpaired) electrons. The van der Waals surface area contributed by atoms with Crippen LogP contribution in [0.1, 0.15) is 226 Å². The monoisotopic (exact) mass is 902 g/mol. The molecule has 0 aliphatic rings. The number of allylic oxidation sites excluding steroid dienone is 8. The maximum Gasteiger partial charge on any atom is 0.306 e. The molecular formula is C55H99NO8. The molecule has 0 aliphatic carbocycles. The van der Waals surface area contributed by atoms with E-state index in [1.165, 1.54) is 116 Å². The van der Waals surface area contributed by atoms with Crippen molar-refractivity contribution in [2.24, 2.45) is 0 Å². The third-order valence-corrected chi connectivity index (χ3v) is 11.3. The average molecular weight is 902 g/mol. The van der Waals surface area contributed by atoms with Crippen molar-refractivity contribution in [2.45, 2.75) is 238 Å². The van der Waals surface area contributed by atoms with Crippen LogP contribution in [0.4, 0.5) is 0 Å². The number of carbonyl (C=O) groups is 3. The number of carboxylic acids is 1. The summed E-state index contributed by atoms with van der Waals surface area (Å²) in [6.07, 6.45) is 52.9. The summed E-state index contributed by atoms with van der Waals surface area (Å²) in [4.78, 5) is 37.1. The Morgan fingerprint density at radius 2 is 0.859 bits per heavy atom. The summed E-state index contributed by atoms with van der Waals surface area (Å²) in [5, 5.41) is 11.7. The summed E-state index contributed by atoms with van der Waals surface area (Å²) >= 11 is 0. The van der Waals surface area contributed by atoms with Crippen molar-refractivity contribution in [3.05, 3.63) is 48.6 Å². The molecule has 0 aliphatic heterocycles. The second kappa shape index (κ2) is 46.8. The van der Waals surface area contributed by atoms with Gasteiger partial charge in [-0.05, 0) is 70.6 Å². The number of likely N-dealkylation sites (N-methyl/N-ethyl adjacent to an activating group) is 1. The quantitative estimate of drug-likeness (QED) is 0.0195. The summed E-state index contributed by atoms with van der Waals surface area (Å²) < 4.78 is 22.6. The van der Waals surface area contributed by atoms with Crippen LogP contribution in [0.5, 0.6) is 0 Å². The molecule has 0 aromatic heterocycles. The zero-order valence-electron chi connectivity index (χ0n) is 42.1. The Morgan fingerprint density at radius 3 is 1.28 bits per heavy atom. The zero-order valence-corrected chi connectivity index (χ0v) is 42.1. The van der Waals surface area contributed by atoms with Crippen LogP contribution < -0.4 is 5.11 Å². The molecule has 0 bridgehead atoms. The molecule has 2 atom stereocenters. The fourth-order valence-electron chi connectivity index (χ4n) is 7.17. The number of nitrogens with zero attached hydrogens (tertiary/aromatic N) is 1. The van der Waals surface area contributed by atoms with E-state index in [1.807, 2.05) is 21.1 Å². The van der Waals surface area contributed by atoms with Crippen LogP contribution in [0.2, 0.25) is 0 Å². The fraction of sp³-hybridized carbons (Fsp3) is 0.800. The molecule has 0 N–H and O–H groups in total. The zero-order chi connectivity index (χ0) is 47.0. The summed E-state index contributed by atoms with van der Waals surface area (Å²) in [5.41, 5.74) is 0. The van der Waals surface area contributed by atoms with Crippen LogP contribution in [0.3, 0.4) is 0 Å². The molecule has 0 saturated carbocycles. The molecule has 2 unspecified atom stereocenters. The van der Waals surface area contributed by atoms with Crippen LogP contribution in [0.15, 0.2) is 48.6 Å². The summed E-state index contributed by atoms with van der Waals surface area (Å²) in [6, 6.07) is 0. The minimum atomic E-state index is -1.62. The van der Waals surface area contributed by atoms with Crippen LogP contribution in [-0.4, -0.2) is 82.3 Å². The number of carbonyl (C=O) groups excluding carboxylic acids is 3. The molecule has 0 aromatic carbocycles. The van der Waals surface area contributed by atoms with Gasteiger partial charge in [0.15, 0.2) is 12.4 Å². The summed E-state index contributed by atoms with van der Waals surface area (Å²) in [6.45, 7) is 4.68. The number of ether oxygens (including phenoxy) is 4. The third-order valence-electron chi connectivity index (χ3n) is 11.3. The lowest BCUT2D eigenvalue weighted by molar-refractivity contribution is -0.870. The first-order chi connectivity index (χ1) is 31.1. The summed E-state index contributed by atoms with van der Waals surface area (Å²) in [5.74, 6) is -2.30. The largest absolute Gasteiger partial charge is 0.545 e. The van der Waals surface area contributed by atoms with Gasteiger partial charge in [0.2, 0.25) is 0 Å². The Labute approximate surface area is 393 Å². The van der Waals surface area contributed by atoms with Gasteiger partial charge < -0.3 is 33.3 Å². The number of quaternary nitrogens is 1. The van der Waals surface area contributed by atoms with Gasteiger partial charge in [0, 0.05) is 12.8 Å². The first-order valence-corrected chi connectivity index (χ1v) is 26.3. The molecule has 0 heterocycles. The van der Waals surface area contributed by atoms with Crippen LogP contribution in [-0.2, 0) is 33.3 Å². The van der Waals surface area contributed by atoms with Gasteiger partial charge in [0.05, 0.1) is 40.3 Å². The van der Waals surface area contributed by atoms with E-state index in [1.54, 1.807) is 0 Å².